The highest BCUT2D eigenvalue weighted by atomic mass is 16.6. The van der Waals surface area contributed by atoms with Crippen LogP contribution in [0.15, 0.2) is 0 Å². The first-order valence-electron chi connectivity index (χ1n) is 11.6. The summed E-state index contributed by atoms with van der Waals surface area (Å²) in [6.07, 6.45) is 6.27. The van der Waals surface area contributed by atoms with E-state index >= 15 is 0 Å². The predicted octanol–water partition coefficient (Wildman–Crippen LogP) is 3.40. The van der Waals surface area contributed by atoms with Gasteiger partial charge in [0.2, 0.25) is 0 Å². The summed E-state index contributed by atoms with van der Waals surface area (Å²) in [6.45, 7) is 13.5. The molecular weight excluding hydrogens is 404 g/mol. The molecule has 0 saturated carbocycles. The number of carbonyl (C=O) groups is 1. The van der Waals surface area contributed by atoms with Crippen molar-refractivity contribution in [2.24, 2.45) is 0 Å². The van der Waals surface area contributed by atoms with Crippen molar-refractivity contribution in [1.29, 1.82) is 0 Å². The fourth-order valence-electron chi connectivity index (χ4n) is 2.43. The van der Waals surface area contributed by atoms with Crippen LogP contribution in [-0.2, 0) is 38.0 Å². The third kappa shape index (κ3) is 27.2. The highest BCUT2D eigenvalue weighted by Gasteiger charge is 2.15. The molecule has 0 N–H and O–H groups in total. The first-order chi connectivity index (χ1) is 15.0. The van der Waals surface area contributed by atoms with E-state index < -0.39 is 5.60 Å². The molecule has 8 nitrogen and oxygen atoms in total. The third-order valence-corrected chi connectivity index (χ3v) is 3.89. The number of carbonyl (C=O) groups excluding carboxylic acids is 1. The van der Waals surface area contributed by atoms with Crippen LogP contribution in [-0.4, -0.2) is 90.9 Å². The summed E-state index contributed by atoms with van der Waals surface area (Å²) < 4.78 is 37.5. The lowest BCUT2D eigenvalue weighted by atomic mass is 10.2. The van der Waals surface area contributed by atoms with Gasteiger partial charge in [-0.2, -0.15) is 0 Å². The van der Waals surface area contributed by atoms with Crippen LogP contribution < -0.4 is 0 Å². The highest BCUT2D eigenvalue weighted by Crippen LogP contribution is 2.06. The fraction of sp³-hybridized carbons (Fsp3) is 0.957. The summed E-state index contributed by atoms with van der Waals surface area (Å²) in [7, 11) is 0. The van der Waals surface area contributed by atoms with Crippen molar-refractivity contribution < 1.29 is 38.0 Å². The Labute approximate surface area is 189 Å². The minimum atomic E-state index is -0.493. The monoisotopic (exact) mass is 450 g/mol. The molecule has 0 aliphatic rings. The van der Waals surface area contributed by atoms with Crippen molar-refractivity contribution in [3.63, 3.8) is 0 Å². The molecule has 0 amide bonds. The Morgan fingerprint density at radius 3 is 1.35 bits per heavy atom. The quantitative estimate of drug-likeness (QED) is 0.173. The molecule has 0 aromatic carbocycles. The lowest BCUT2D eigenvalue weighted by molar-refractivity contribution is -0.160. The molecule has 0 bridgehead atoms. The zero-order chi connectivity index (χ0) is 23.0. The second kappa shape index (κ2) is 22.4. The van der Waals surface area contributed by atoms with Gasteiger partial charge in [-0.15, -0.1) is 0 Å². The van der Waals surface area contributed by atoms with Gasteiger partial charge in [0.05, 0.1) is 66.1 Å². The zero-order valence-corrected chi connectivity index (χ0v) is 20.3. The number of hydrogen-bond acceptors (Lipinski definition) is 8. The Balaban J connectivity index is 3.10. The molecule has 0 aromatic heterocycles. The van der Waals surface area contributed by atoms with Crippen molar-refractivity contribution in [1.82, 2.24) is 0 Å². The van der Waals surface area contributed by atoms with Gasteiger partial charge in [0.1, 0.15) is 12.2 Å². The molecule has 0 unspecified atom stereocenters. The van der Waals surface area contributed by atoms with Crippen molar-refractivity contribution in [3.05, 3.63) is 0 Å². The Kier molecular flexibility index (Phi) is 21.9. The number of rotatable bonds is 23. The SMILES string of the molecule is CCCCCCCOCCOCCOCCOCCOCCOCC(=O)OC(C)(C)C. The molecule has 8 heteroatoms. The molecule has 186 valence electrons. The molecule has 0 aliphatic carbocycles. The molecule has 0 atom stereocenters. The molecule has 0 rings (SSSR count). The molecule has 0 spiro atoms. The maximum absolute atomic E-state index is 11.4. The molecule has 0 aliphatic heterocycles. The van der Waals surface area contributed by atoms with E-state index in [-0.39, 0.29) is 12.6 Å². The largest absolute Gasteiger partial charge is 0.458 e. The summed E-state index contributed by atoms with van der Waals surface area (Å²) in [5, 5.41) is 0. The van der Waals surface area contributed by atoms with Gasteiger partial charge in [0.25, 0.3) is 0 Å². The number of hydrogen-bond donors (Lipinski definition) is 0. The van der Waals surface area contributed by atoms with Gasteiger partial charge in [-0.05, 0) is 27.2 Å². The van der Waals surface area contributed by atoms with Crippen LogP contribution in [0.1, 0.15) is 59.8 Å². The molecule has 31 heavy (non-hydrogen) atoms. The van der Waals surface area contributed by atoms with Crippen LogP contribution in [0.25, 0.3) is 0 Å². The Morgan fingerprint density at radius 2 is 0.935 bits per heavy atom. The number of unbranched alkanes of at least 4 members (excludes halogenated alkanes) is 4. The number of ether oxygens (including phenoxy) is 7. The summed E-state index contributed by atoms with van der Waals surface area (Å²) in [5.74, 6) is -0.372. The minimum Gasteiger partial charge on any atom is -0.458 e. The van der Waals surface area contributed by atoms with Crippen LogP contribution in [0.3, 0.4) is 0 Å². The van der Waals surface area contributed by atoms with E-state index in [0.29, 0.717) is 66.1 Å². The molecular formula is C23H46O8. The summed E-state index contributed by atoms with van der Waals surface area (Å²) in [6, 6.07) is 0. The molecule has 0 fully saturated rings. The first-order valence-corrected chi connectivity index (χ1v) is 11.6. The maximum Gasteiger partial charge on any atom is 0.332 e. The Hall–Kier alpha value is -0.770. The molecule has 0 aromatic rings. The van der Waals surface area contributed by atoms with Crippen LogP contribution in [0.2, 0.25) is 0 Å². The lowest BCUT2D eigenvalue weighted by Gasteiger charge is -2.19. The molecule has 0 saturated heterocycles. The van der Waals surface area contributed by atoms with Gasteiger partial charge in [-0.3, -0.25) is 0 Å². The van der Waals surface area contributed by atoms with Crippen molar-refractivity contribution in [2.45, 2.75) is 65.4 Å². The average molecular weight is 451 g/mol. The third-order valence-electron chi connectivity index (χ3n) is 3.89. The van der Waals surface area contributed by atoms with E-state index in [1.165, 1.54) is 25.7 Å². The normalized spacial score (nSPS) is 11.7. The van der Waals surface area contributed by atoms with Crippen molar-refractivity contribution in [3.8, 4) is 0 Å². The summed E-state index contributed by atoms with van der Waals surface area (Å²) in [5.41, 5.74) is -0.493. The smallest absolute Gasteiger partial charge is 0.332 e. The van der Waals surface area contributed by atoms with Gasteiger partial charge in [0, 0.05) is 6.61 Å². The molecule has 0 heterocycles. The van der Waals surface area contributed by atoms with Gasteiger partial charge in [0.15, 0.2) is 0 Å². The minimum absolute atomic E-state index is 0.0651. The first kappa shape index (κ1) is 30.2. The Bertz CT molecular complexity index is 384. The van der Waals surface area contributed by atoms with Crippen LogP contribution in [0.5, 0.6) is 0 Å². The highest BCUT2D eigenvalue weighted by molar-refractivity contribution is 5.71. The van der Waals surface area contributed by atoms with Gasteiger partial charge in [-0.25, -0.2) is 4.79 Å². The Morgan fingerprint density at radius 1 is 0.548 bits per heavy atom. The van der Waals surface area contributed by atoms with E-state index in [1.54, 1.807) is 0 Å². The molecule has 0 radical (unpaired) electrons. The zero-order valence-electron chi connectivity index (χ0n) is 20.3. The van der Waals surface area contributed by atoms with E-state index in [2.05, 4.69) is 6.92 Å². The second-order valence-corrected chi connectivity index (χ2v) is 8.12. The summed E-state index contributed by atoms with van der Waals surface area (Å²) in [4.78, 5) is 11.4. The van der Waals surface area contributed by atoms with Gasteiger partial charge >= 0.3 is 5.97 Å². The van der Waals surface area contributed by atoms with Crippen molar-refractivity contribution in [2.75, 3.05) is 79.3 Å². The van der Waals surface area contributed by atoms with Crippen LogP contribution >= 0.6 is 0 Å². The van der Waals surface area contributed by atoms with E-state index in [1.807, 2.05) is 20.8 Å². The van der Waals surface area contributed by atoms with Gasteiger partial charge in [-0.1, -0.05) is 32.6 Å². The topological polar surface area (TPSA) is 81.7 Å². The maximum atomic E-state index is 11.4. The summed E-state index contributed by atoms with van der Waals surface area (Å²) >= 11 is 0. The average Bonchev–Trinajstić information content (AvgIpc) is 2.70. The fourth-order valence-corrected chi connectivity index (χ4v) is 2.43. The lowest BCUT2D eigenvalue weighted by Crippen LogP contribution is -2.27. The van der Waals surface area contributed by atoms with Crippen LogP contribution in [0, 0.1) is 0 Å². The number of esters is 1. The second-order valence-electron chi connectivity index (χ2n) is 8.12. The van der Waals surface area contributed by atoms with Gasteiger partial charge < -0.3 is 33.2 Å². The van der Waals surface area contributed by atoms with Crippen LogP contribution in [0.4, 0.5) is 0 Å². The van der Waals surface area contributed by atoms with E-state index in [4.69, 9.17) is 33.2 Å². The van der Waals surface area contributed by atoms with E-state index in [9.17, 15) is 4.79 Å². The standard InChI is InChI=1S/C23H46O8/c1-5-6-7-8-9-10-25-11-12-26-13-14-27-15-16-28-17-18-29-19-20-30-21-22(24)31-23(2,3)4/h5-21H2,1-4H3. The van der Waals surface area contributed by atoms with E-state index in [0.717, 1.165) is 13.0 Å². The predicted molar refractivity (Wildman–Crippen MR) is 120 cm³/mol. The van der Waals surface area contributed by atoms with Crippen molar-refractivity contribution >= 4 is 5.97 Å².